The fraction of sp³-hybridized carbons (Fsp3) is 0.462. The molecule has 1 rings (SSSR count). The second kappa shape index (κ2) is 7.68. The van der Waals surface area contributed by atoms with E-state index in [1.807, 2.05) is 24.3 Å². The van der Waals surface area contributed by atoms with E-state index in [9.17, 15) is 4.79 Å². The van der Waals surface area contributed by atoms with Gasteiger partial charge < -0.3 is 20.5 Å². The number of hydrogen-bond acceptors (Lipinski definition) is 4. The molecule has 1 amide bonds. The third-order valence-electron chi connectivity index (χ3n) is 2.63. The van der Waals surface area contributed by atoms with Gasteiger partial charge >= 0.3 is 0 Å². The average molecular weight is 252 g/mol. The van der Waals surface area contributed by atoms with Gasteiger partial charge in [-0.05, 0) is 6.07 Å². The molecular formula is C13H20N2O3. The Balaban J connectivity index is 2.79. The number of methoxy groups -OCH3 is 1. The van der Waals surface area contributed by atoms with Crippen LogP contribution in [0.4, 0.5) is 0 Å². The SMILES string of the molecule is COc1ccccc1CN(CCO)C(=O)CCN. The zero-order chi connectivity index (χ0) is 13.4. The van der Waals surface area contributed by atoms with Gasteiger partial charge in [-0.2, -0.15) is 0 Å². The molecule has 0 radical (unpaired) electrons. The van der Waals surface area contributed by atoms with E-state index < -0.39 is 0 Å². The molecule has 0 aliphatic carbocycles. The van der Waals surface area contributed by atoms with Crippen LogP contribution in [0.15, 0.2) is 24.3 Å². The van der Waals surface area contributed by atoms with Crippen LogP contribution >= 0.6 is 0 Å². The molecule has 5 heteroatoms. The number of nitrogens with two attached hydrogens (primary N) is 1. The molecule has 0 aliphatic rings. The van der Waals surface area contributed by atoms with Crippen LogP contribution in [-0.4, -0.2) is 42.7 Å². The summed E-state index contributed by atoms with van der Waals surface area (Å²) in [5.41, 5.74) is 6.29. The van der Waals surface area contributed by atoms with Crippen molar-refractivity contribution in [2.75, 3.05) is 26.8 Å². The predicted molar refractivity (Wildman–Crippen MR) is 69.2 cm³/mol. The number of benzene rings is 1. The smallest absolute Gasteiger partial charge is 0.224 e. The highest BCUT2D eigenvalue weighted by Crippen LogP contribution is 2.19. The summed E-state index contributed by atoms with van der Waals surface area (Å²) in [7, 11) is 1.59. The molecule has 0 fully saturated rings. The molecule has 0 aromatic heterocycles. The first-order chi connectivity index (χ1) is 8.72. The van der Waals surface area contributed by atoms with Gasteiger partial charge in [0.15, 0.2) is 0 Å². The first-order valence-corrected chi connectivity index (χ1v) is 5.93. The van der Waals surface area contributed by atoms with Crippen LogP contribution in [0.3, 0.4) is 0 Å². The second-order valence-corrected chi connectivity index (χ2v) is 3.89. The highest BCUT2D eigenvalue weighted by atomic mass is 16.5. The van der Waals surface area contributed by atoms with Gasteiger partial charge in [0.1, 0.15) is 5.75 Å². The summed E-state index contributed by atoms with van der Waals surface area (Å²) < 4.78 is 5.24. The first kappa shape index (κ1) is 14.5. The lowest BCUT2D eigenvalue weighted by Crippen LogP contribution is -2.34. The van der Waals surface area contributed by atoms with Crippen molar-refractivity contribution in [2.24, 2.45) is 5.73 Å². The molecule has 0 heterocycles. The van der Waals surface area contributed by atoms with E-state index in [2.05, 4.69) is 0 Å². The normalized spacial score (nSPS) is 10.2. The van der Waals surface area contributed by atoms with Crippen LogP contribution < -0.4 is 10.5 Å². The van der Waals surface area contributed by atoms with Gasteiger partial charge in [-0.1, -0.05) is 18.2 Å². The molecule has 0 saturated heterocycles. The Labute approximate surface area is 107 Å². The van der Waals surface area contributed by atoms with E-state index in [1.54, 1.807) is 12.0 Å². The van der Waals surface area contributed by atoms with Crippen LogP contribution in [0.1, 0.15) is 12.0 Å². The fourth-order valence-corrected chi connectivity index (χ4v) is 1.73. The molecule has 100 valence electrons. The Morgan fingerprint density at radius 3 is 2.78 bits per heavy atom. The van der Waals surface area contributed by atoms with E-state index >= 15 is 0 Å². The molecule has 0 atom stereocenters. The van der Waals surface area contributed by atoms with Crippen LogP contribution in [0, 0.1) is 0 Å². The number of carbonyl (C=O) groups is 1. The van der Waals surface area contributed by atoms with Crippen molar-refractivity contribution in [1.82, 2.24) is 4.90 Å². The second-order valence-electron chi connectivity index (χ2n) is 3.89. The van der Waals surface area contributed by atoms with Gasteiger partial charge in [0.2, 0.25) is 5.91 Å². The number of hydrogen-bond donors (Lipinski definition) is 2. The van der Waals surface area contributed by atoms with E-state index in [0.29, 0.717) is 19.6 Å². The van der Waals surface area contributed by atoms with Crippen molar-refractivity contribution >= 4 is 5.91 Å². The maximum absolute atomic E-state index is 11.8. The lowest BCUT2D eigenvalue weighted by atomic mass is 10.2. The van der Waals surface area contributed by atoms with Crippen molar-refractivity contribution < 1.29 is 14.6 Å². The van der Waals surface area contributed by atoms with Gasteiger partial charge in [-0.25, -0.2) is 0 Å². The van der Waals surface area contributed by atoms with Gasteiger partial charge in [-0.15, -0.1) is 0 Å². The molecular weight excluding hydrogens is 232 g/mol. The quantitative estimate of drug-likeness (QED) is 0.735. The highest BCUT2D eigenvalue weighted by Gasteiger charge is 2.14. The van der Waals surface area contributed by atoms with Crippen molar-refractivity contribution in [2.45, 2.75) is 13.0 Å². The number of aliphatic hydroxyl groups is 1. The highest BCUT2D eigenvalue weighted by molar-refractivity contribution is 5.76. The molecule has 0 bridgehead atoms. The van der Waals surface area contributed by atoms with Gasteiger partial charge in [-0.3, -0.25) is 4.79 Å². The lowest BCUT2D eigenvalue weighted by molar-refractivity contribution is -0.132. The fourth-order valence-electron chi connectivity index (χ4n) is 1.73. The average Bonchev–Trinajstić information content (AvgIpc) is 2.39. The summed E-state index contributed by atoms with van der Waals surface area (Å²) in [6.45, 7) is 0.971. The van der Waals surface area contributed by atoms with Crippen LogP contribution in [0.25, 0.3) is 0 Å². The van der Waals surface area contributed by atoms with E-state index in [4.69, 9.17) is 15.6 Å². The standard InChI is InChI=1S/C13H20N2O3/c1-18-12-5-3-2-4-11(12)10-15(8-9-16)13(17)6-7-14/h2-5,16H,6-10,14H2,1H3. The summed E-state index contributed by atoms with van der Waals surface area (Å²) in [6, 6.07) is 7.52. The number of para-hydroxylation sites is 1. The lowest BCUT2D eigenvalue weighted by Gasteiger charge is -2.22. The number of aliphatic hydroxyl groups excluding tert-OH is 1. The monoisotopic (exact) mass is 252 g/mol. The molecule has 0 spiro atoms. The maximum atomic E-state index is 11.8. The van der Waals surface area contributed by atoms with Gasteiger partial charge in [0, 0.05) is 31.6 Å². The molecule has 5 nitrogen and oxygen atoms in total. The molecule has 18 heavy (non-hydrogen) atoms. The minimum absolute atomic E-state index is 0.0579. The number of rotatable bonds is 7. The summed E-state index contributed by atoms with van der Waals surface area (Å²) in [5.74, 6) is 0.679. The molecule has 1 aromatic rings. The molecule has 3 N–H and O–H groups in total. The van der Waals surface area contributed by atoms with Gasteiger partial charge in [0.25, 0.3) is 0 Å². The summed E-state index contributed by atoms with van der Waals surface area (Å²) in [6.07, 6.45) is 0.287. The summed E-state index contributed by atoms with van der Waals surface area (Å²) in [4.78, 5) is 13.4. The van der Waals surface area contributed by atoms with Crippen LogP contribution in [0.2, 0.25) is 0 Å². The summed E-state index contributed by atoms with van der Waals surface area (Å²) in [5, 5.41) is 9.00. The third kappa shape index (κ3) is 4.01. The largest absolute Gasteiger partial charge is 0.496 e. The zero-order valence-corrected chi connectivity index (χ0v) is 10.6. The third-order valence-corrected chi connectivity index (χ3v) is 2.63. The first-order valence-electron chi connectivity index (χ1n) is 5.93. The van der Waals surface area contributed by atoms with E-state index in [-0.39, 0.29) is 18.9 Å². The summed E-state index contributed by atoms with van der Waals surface area (Å²) >= 11 is 0. The molecule has 0 unspecified atom stereocenters. The maximum Gasteiger partial charge on any atom is 0.224 e. The minimum atomic E-state index is -0.0640. The minimum Gasteiger partial charge on any atom is -0.496 e. The molecule has 1 aromatic carbocycles. The number of ether oxygens (including phenoxy) is 1. The van der Waals surface area contributed by atoms with E-state index in [0.717, 1.165) is 11.3 Å². The van der Waals surface area contributed by atoms with Crippen LogP contribution in [0.5, 0.6) is 5.75 Å². The number of amides is 1. The molecule has 0 saturated carbocycles. The Morgan fingerprint density at radius 1 is 1.44 bits per heavy atom. The van der Waals surface area contributed by atoms with Gasteiger partial charge in [0.05, 0.1) is 13.7 Å². The van der Waals surface area contributed by atoms with E-state index in [1.165, 1.54) is 0 Å². The Morgan fingerprint density at radius 2 is 2.17 bits per heavy atom. The van der Waals surface area contributed by atoms with Crippen molar-refractivity contribution in [3.05, 3.63) is 29.8 Å². The van der Waals surface area contributed by atoms with Crippen molar-refractivity contribution in [3.63, 3.8) is 0 Å². The van der Waals surface area contributed by atoms with Crippen molar-refractivity contribution in [1.29, 1.82) is 0 Å². The zero-order valence-electron chi connectivity index (χ0n) is 10.6. The van der Waals surface area contributed by atoms with Crippen LogP contribution in [-0.2, 0) is 11.3 Å². The number of carbonyl (C=O) groups excluding carboxylic acids is 1. The molecule has 0 aliphatic heterocycles. The Bertz CT molecular complexity index is 382. The number of nitrogens with zero attached hydrogens (tertiary/aromatic N) is 1. The predicted octanol–water partition coefficient (Wildman–Crippen LogP) is 0.365. The Kier molecular flexibility index (Phi) is 6.18. The Hall–Kier alpha value is -1.59. The topological polar surface area (TPSA) is 75.8 Å². The van der Waals surface area contributed by atoms with Crippen molar-refractivity contribution in [3.8, 4) is 5.75 Å².